The minimum Gasteiger partial charge on any atom is -0.263 e. The summed E-state index contributed by atoms with van der Waals surface area (Å²) in [6.07, 6.45) is 0. The molecule has 8 heteroatoms. The molecule has 4 nitrogen and oxygen atoms in total. The minimum atomic E-state index is -3.81. The van der Waals surface area contributed by atoms with Gasteiger partial charge in [0.1, 0.15) is 10.7 Å². The second kappa shape index (κ2) is 5.89. The van der Waals surface area contributed by atoms with Gasteiger partial charge in [0.2, 0.25) is 0 Å². The van der Waals surface area contributed by atoms with E-state index in [1.807, 2.05) is 0 Å². The number of aryl methyl sites for hydroxylation is 1. The Morgan fingerprint density at radius 2 is 1.90 bits per heavy atom. The second-order valence-electron chi connectivity index (χ2n) is 3.94. The molecule has 0 atom stereocenters. The van der Waals surface area contributed by atoms with Crippen LogP contribution in [0.1, 0.15) is 5.69 Å². The van der Waals surface area contributed by atoms with Crippen molar-refractivity contribution in [3.05, 3.63) is 50.5 Å². The highest BCUT2D eigenvalue weighted by Gasteiger charge is 2.19. The van der Waals surface area contributed by atoms with Gasteiger partial charge in [0.05, 0.1) is 10.7 Å². The molecule has 0 unspecified atom stereocenters. The fourth-order valence-corrected chi connectivity index (χ4v) is 3.48. The van der Waals surface area contributed by atoms with Crippen molar-refractivity contribution in [3.8, 4) is 0 Å². The molecule has 2 aromatic rings. The maximum Gasteiger partial charge on any atom is 0.264 e. The van der Waals surface area contributed by atoms with Crippen molar-refractivity contribution in [1.82, 2.24) is 4.98 Å². The average molecular weight is 396 g/mol. The van der Waals surface area contributed by atoms with Gasteiger partial charge in [-0.3, -0.25) is 4.72 Å². The zero-order valence-corrected chi connectivity index (χ0v) is 14.1. The lowest BCUT2D eigenvalue weighted by Gasteiger charge is -2.10. The minimum absolute atomic E-state index is 0.0501. The van der Waals surface area contributed by atoms with E-state index in [0.29, 0.717) is 10.7 Å². The maximum absolute atomic E-state index is 12.2. The number of benzene rings is 1. The Hall–Kier alpha value is -0.820. The molecular weight excluding hydrogens is 387 g/mol. The summed E-state index contributed by atoms with van der Waals surface area (Å²) in [6, 6.07) is 7.45. The normalized spacial score (nSPS) is 11.4. The summed E-state index contributed by atoms with van der Waals surface area (Å²) in [7, 11) is -3.81. The third-order valence-electron chi connectivity index (χ3n) is 2.44. The number of anilines is 1. The van der Waals surface area contributed by atoms with E-state index in [1.54, 1.807) is 19.1 Å². The first-order valence-electron chi connectivity index (χ1n) is 5.40. The standard InChI is InChI=1S/C12H9BrCl2N2O2S/c1-7-9(13)3-5-12(16-7)17-20(18,19)11-4-2-8(14)6-10(11)15/h2-6H,1H3,(H,16,17). The Kier molecular flexibility index (Phi) is 4.59. The predicted octanol–water partition coefficient (Wildman–Crippen LogP) is 4.26. The molecule has 0 aliphatic rings. The van der Waals surface area contributed by atoms with Crippen molar-refractivity contribution in [2.75, 3.05) is 4.72 Å². The summed E-state index contributed by atoms with van der Waals surface area (Å²) < 4.78 is 27.7. The fourth-order valence-electron chi connectivity index (χ4n) is 1.49. The van der Waals surface area contributed by atoms with E-state index >= 15 is 0 Å². The molecule has 0 aliphatic heterocycles. The fraction of sp³-hybridized carbons (Fsp3) is 0.0833. The van der Waals surface area contributed by atoms with Gasteiger partial charge in [-0.1, -0.05) is 23.2 Å². The van der Waals surface area contributed by atoms with Gasteiger partial charge in [0.15, 0.2) is 0 Å². The van der Waals surface area contributed by atoms with E-state index in [0.717, 1.165) is 4.47 Å². The largest absolute Gasteiger partial charge is 0.264 e. The van der Waals surface area contributed by atoms with Crippen LogP contribution < -0.4 is 4.72 Å². The molecule has 106 valence electrons. The quantitative estimate of drug-likeness (QED) is 0.844. The first-order chi connectivity index (χ1) is 9.29. The first kappa shape index (κ1) is 15.6. The number of nitrogens with zero attached hydrogens (tertiary/aromatic N) is 1. The number of nitrogens with one attached hydrogen (secondary N) is 1. The predicted molar refractivity (Wildman–Crippen MR) is 83.9 cm³/mol. The Balaban J connectivity index is 2.38. The van der Waals surface area contributed by atoms with Crippen molar-refractivity contribution < 1.29 is 8.42 Å². The molecule has 2 rings (SSSR count). The molecule has 0 fully saturated rings. The van der Waals surface area contributed by atoms with Crippen molar-refractivity contribution in [1.29, 1.82) is 0 Å². The number of halogens is 3. The maximum atomic E-state index is 12.2. The Bertz CT molecular complexity index is 766. The van der Waals surface area contributed by atoms with Crippen LogP contribution in [-0.4, -0.2) is 13.4 Å². The van der Waals surface area contributed by atoms with Crippen LogP contribution in [0.4, 0.5) is 5.82 Å². The van der Waals surface area contributed by atoms with Crippen LogP contribution in [0.25, 0.3) is 0 Å². The van der Waals surface area contributed by atoms with Gasteiger partial charge in [-0.25, -0.2) is 13.4 Å². The molecular formula is C12H9BrCl2N2O2S. The molecule has 0 saturated heterocycles. The summed E-state index contributed by atoms with van der Waals surface area (Å²) in [5.41, 5.74) is 0.674. The van der Waals surface area contributed by atoms with E-state index < -0.39 is 10.0 Å². The topological polar surface area (TPSA) is 59.1 Å². The van der Waals surface area contributed by atoms with Gasteiger partial charge in [0, 0.05) is 9.50 Å². The summed E-state index contributed by atoms with van der Waals surface area (Å²) in [6.45, 7) is 1.76. The van der Waals surface area contributed by atoms with E-state index in [-0.39, 0.29) is 15.7 Å². The summed E-state index contributed by atoms with van der Waals surface area (Å²) in [4.78, 5) is 4.07. The van der Waals surface area contributed by atoms with Crippen molar-refractivity contribution in [3.63, 3.8) is 0 Å². The molecule has 0 aliphatic carbocycles. The van der Waals surface area contributed by atoms with Crippen LogP contribution in [0.2, 0.25) is 10.0 Å². The number of sulfonamides is 1. The molecule has 0 bridgehead atoms. The lowest BCUT2D eigenvalue weighted by Crippen LogP contribution is -2.14. The molecule has 1 aromatic heterocycles. The van der Waals surface area contributed by atoms with Gasteiger partial charge in [-0.2, -0.15) is 0 Å². The number of rotatable bonds is 3. The Labute approximate surface area is 135 Å². The van der Waals surface area contributed by atoms with E-state index in [9.17, 15) is 8.42 Å². The molecule has 0 radical (unpaired) electrons. The summed E-state index contributed by atoms with van der Waals surface area (Å²) in [5.74, 6) is 0.219. The van der Waals surface area contributed by atoms with Gasteiger partial charge >= 0.3 is 0 Å². The highest BCUT2D eigenvalue weighted by atomic mass is 79.9. The van der Waals surface area contributed by atoms with Gasteiger partial charge < -0.3 is 0 Å². The van der Waals surface area contributed by atoms with E-state index in [4.69, 9.17) is 23.2 Å². The Morgan fingerprint density at radius 1 is 1.20 bits per heavy atom. The second-order valence-corrected chi connectivity index (χ2v) is 7.29. The van der Waals surface area contributed by atoms with Gasteiger partial charge in [0.25, 0.3) is 10.0 Å². The molecule has 0 amide bonds. The Morgan fingerprint density at radius 3 is 2.50 bits per heavy atom. The van der Waals surface area contributed by atoms with Crippen LogP contribution in [0.3, 0.4) is 0 Å². The number of hydrogen-bond donors (Lipinski definition) is 1. The third-order valence-corrected chi connectivity index (χ3v) is 5.35. The van der Waals surface area contributed by atoms with E-state index in [1.165, 1.54) is 18.2 Å². The average Bonchev–Trinajstić information content (AvgIpc) is 2.33. The van der Waals surface area contributed by atoms with Crippen LogP contribution in [0.5, 0.6) is 0 Å². The molecule has 0 saturated carbocycles. The molecule has 1 N–H and O–H groups in total. The summed E-state index contributed by atoms with van der Waals surface area (Å²) in [5, 5.41) is 0.422. The van der Waals surface area contributed by atoms with Crippen LogP contribution in [0.15, 0.2) is 39.7 Å². The molecule has 1 heterocycles. The highest BCUT2D eigenvalue weighted by Crippen LogP contribution is 2.26. The summed E-state index contributed by atoms with van der Waals surface area (Å²) >= 11 is 15.0. The van der Waals surface area contributed by atoms with Crippen LogP contribution in [-0.2, 0) is 10.0 Å². The number of aromatic nitrogens is 1. The molecule has 1 aromatic carbocycles. The van der Waals surface area contributed by atoms with Gasteiger partial charge in [-0.05, 0) is 53.2 Å². The number of hydrogen-bond acceptors (Lipinski definition) is 3. The number of pyridine rings is 1. The van der Waals surface area contributed by atoms with Crippen molar-refractivity contribution in [2.24, 2.45) is 0 Å². The first-order valence-corrected chi connectivity index (χ1v) is 8.44. The van der Waals surface area contributed by atoms with Crippen LogP contribution >= 0.6 is 39.1 Å². The third kappa shape index (κ3) is 3.44. The van der Waals surface area contributed by atoms with E-state index in [2.05, 4.69) is 25.6 Å². The lowest BCUT2D eigenvalue weighted by molar-refractivity contribution is 0.601. The SMILES string of the molecule is Cc1nc(NS(=O)(=O)c2ccc(Cl)cc2Cl)ccc1Br. The molecule has 20 heavy (non-hydrogen) atoms. The lowest BCUT2D eigenvalue weighted by atomic mass is 10.4. The van der Waals surface area contributed by atoms with Crippen molar-refractivity contribution >= 4 is 55.0 Å². The van der Waals surface area contributed by atoms with Crippen molar-refractivity contribution in [2.45, 2.75) is 11.8 Å². The molecule has 0 spiro atoms. The zero-order valence-electron chi connectivity index (χ0n) is 10.2. The van der Waals surface area contributed by atoms with Crippen LogP contribution in [0, 0.1) is 6.92 Å². The van der Waals surface area contributed by atoms with Gasteiger partial charge in [-0.15, -0.1) is 0 Å². The monoisotopic (exact) mass is 394 g/mol. The zero-order chi connectivity index (χ0) is 14.9. The highest BCUT2D eigenvalue weighted by molar-refractivity contribution is 9.10. The smallest absolute Gasteiger partial charge is 0.263 e.